The summed E-state index contributed by atoms with van der Waals surface area (Å²) in [6.07, 6.45) is 6.80. The van der Waals surface area contributed by atoms with Crippen LogP contribution in [0.5, 0.6) is 0 Å². The van der Waals surface area contributed by atoms with Crippen LogP contribution in [0.15, 0.2) is 6.33 Å². The van der Waals surface area contributed by atoms with E-state index in [-0.39, 0.29) is 18.6 Å². The summed E-state index contributed by atoms with van der Waals surface area (Å²) in [6.45, 7) is 3.97. The molecule has 0 aliphatic carbocycles. The van der Waals surface area contributed by atoms with Gasteiger partial charge in [-0.3, -0.25) is 10.1 Å². The van der Waals surface area contributed by atoms with Crippen molar-refractivity contribution in [3.8, 4) is 0 Å². The molecule has 0 saturated heterocycles. The molecule has 6 heteroatoms. The zero-order valence-corrected chi connectivity index (χ0v) is 12.8. The lowest BCUT2D eigenvalue weighted by molar-refractivity contribution is -0.134. The fraction of sp³-hybridized carbons (Fsp3) is 0.733. The number of hydrogen-bond acceptors (Lipinski definition) is 4. The standard InChI is InChI=1S/C15H26N4O2/c1-2-3-4-5-6-19(7-8-20)15(21)13-9-12-14(10-16-13)18-11-17-12/h11,13,16,20H,2-10H2,1H3,(H,17,18). The van der Waals surface area contributed by atoms with Crippen LogP contribution < -0.4 is 5.32 Å². The van der Waals surface area contributed by atoms with E-state index in [1.807, 2.05) is 0 Å². The topological polar surface area (TPSA) is 81.2 Å². The number of aliphatic hydroxyl groups excluding tert-OH is 1. The SMILES string of the molecule is CCCCCCN(CCO)C(=O)C1Cc2nc[nH]c2CN1. The highest BCUT2D eigenvalue weighted by Gasteiger charge is 2.28. The zero-order valence-electron chi connectivity index (χ0n) is 12.8. The Labute approximate surface area is 125 Å². The molecule has 1 aromatic rings. The van der Waals surface area contributed by atoms with Gasteiger partial charge in [0.1, 0.15) is 0 Å². The number of aromatic amines is 1. The van der Waals surface area contributed by atoms with Crippen molar-refractivity contribution in [2.75, 3.05) is 19.7 Å². The van der Waals surface area contributed by atoms with Crippen LogP contribution in [0.4, 0.5) is 0 Å². The number of fused-ring (bicyclic) bond motifs is 1. The van der Waals surface area contributed by atoms with Gasteiger partial charge in [-0.05, 0) is 6.42 Å². The van der Waals surface area contributed by atoms with Crippen LogP contribution in [-0.2, 0) is 17.8 Å². The number of carbonyl (C=O) groups excluding carboxylic acids is 1. The van der Waals surface area contributed by atoms with Gasteiger partial charge in [0.25, 0.3) is 0 Å². The maximum absolute atomic E-state index is 12.6. The van der Waals surface area contributed by atoms with E-state index >= 15 is 0 Å². The highest BCUT2D eigenvalue weighted by Crippen LogP contribution is 2.14. The van der Waals surface area contributed by atoms with E-state index in [1.54, 1.807) is 11.2 Å². The normalized spacial score (nSPS) is 17.5. The fourth-order valence-corrected chi connectivity index (χ4v) is 2.75. The first-order chi connectivity index (χ1) is 10.3. The number of amides is 1. The molecule has 118 valence electrons. The summed E-state index contributed by atoms with van der Waals surface area (Å²) in [5, 5.41) is 12.4. The Morgan fingerprint density at radius 1 is 1.43 bits per heavy atom. The lowest BCUT2D eigenvalue weighted by atomic mass is 10.0. The van der Waals surface area contributed by atoms with Gasteiger partial charge in [-0.15, -0.1) is 0 Å². The smallest absolute Gasteiger partial charge is 0.240 e. The van der Waals surface area contributed by atoms with Gasteiger partial charge in [-0.25, -0.2) is 4.98 Å². The number of imidazole rings is 1. The second kappa shape index (κ2) is 8.14. The zero-order chi connectivity index (χ0) is 15.1. The molecule has 1 aliphatic heterocycles. The summed E-state index contributed by atoms with van der Waals surface area (Å²) in [7, 11) is 0. The molecular formula is C15H26N4O2. The average Bonchev–Trinajstić information content (AvgIpc) is 2.97. The lowest BCUT2D eigenvalue weighted by Gasteiger charge is -2.29. The average molecular weight is 294 g/mol. The van der Waals surface area contributed by atoms with Crippen molar-refractivity contribution >= 4 is 5.91 Å². The number of H-pyrrole nitrogens is 1. The molecule has 21 heavy (non-hydrogen) atoms. The minimum Gasteiger partial charge on any atom is -0.395 e. The molecule has 0 bridgehead atoms. The first-order valence-corrected chi connectivity index (χ1v) is 7.90. The highest BCUT2D eigenvalue weighted by atomic mass is 16.3. The molecular weight excluding hydrogens is 268 g/mol. The van der Waals surface area contributed by atoms with Crippen LogP contribution in [0.3, 0.4) is 0 Å². The van der Waals surface area contributed by atoms with Gasteiger partial charge in [-0.1, -0.05) is 26.2 Å². The van der Waals surface area contributed by atoms with E-state index in [2.05, 4.69) is 22.2 Å². The molecule has 2 heterocycles. The van der Waals surface area contributed by atoms with Crippen molar-refractivity contribution in [3.05, 3.63) is 17.7 Å². The Bertz CT molecular complexity index is 447. The molecule has 1 unspecified atom stereocenters. The number of hydrogen-bond donors (Lipinski definition) is 3. The molecule has 0 radical (unpaired) electrons. The maximum Gasteiger partial charge on any atom is 0.240 e. The Balaban J connectivity index is 1.89. The first-order valence-electron chi connectivity index (χ1n) is 7.90. The summed E-state index contributed by atoms with van der Waals surface area (Å²) in [6, 6.07) is -0.224. The van der Waals surface area contributed by atoms with E-state index in [0.29, 0.717) is 19.5 Å². The van der Waals surface area contributed by atoms with E-state index in [0.717, 1.165) is 30.8 Å². The quantitative estimate of drug-likeness (QED) is 0.620. The van der Waals surface area contributed by atoms with E-state index in [4.69, 9.17) is 0 Å². The number of unbranched alkanes of at least 4 members (excludes halogenated alkanes) is 3. The van der Waals surface area contributed by atoms with Crippen LogP contribution in [-0.4, -0.2) is 51.6 Å². The number of nitrogens with zero attached hydrogens (tertiary/aromatic N) is 2. The van der Waals surface area contributed by atoms with E-state index in [9.17, 15) is 9.90 Å². The summed E-state index contributed by atoms with van der Waals surface area (Å²) in [5.41, 5.74) is 2.04. The number of nitrogens with one attached hydrogen (secondary N) is 2. The molecule has 0 aromatic carbocycles. The summed E-state index contributed by atoms with van der Waals surface area (Å²) in [5.74, 6) is 0.0780. The summed E-state index contributed by atoms with van der Waals surface area (Å²) < 4.78 is 0. The van der Waals surface area contributed by atoms with Crippen molar-refractivity contribution in [1.82, 2.24) is 20.2 Å². The lowest BCUT2D eigenvalue weighted by Crippen LogP contribution is -2.50. The molecule has 0 spiro atoms. The molecule has 3 N–H and O–H groups in total. The third kappa shape index (κ3) is 4.28. The highest BCUT2D eigenvalue weighted by molar-refractivity contribution is 5.82. The van der Waals surface area contributed by atoms with Crippen LogP contribution in [0.25, 0.3) is 0 Å². The summed E-state index contributed by atoms with van der Waals surface area (Å²) >= 11 is 0. The third-order valence-corrected chi connectivity index (χ3v) is 3.99. The van der Waals surface area contributed by atoms with Crippen LogP contribution in [0.1, 0.15) is 44.0 Å². The number of rotatable bonds is 8. The van der Waals surface area contributed by atoms with Crippen molar-refractivity contribution in [3.63, 3.8) is 0 Å². The molecule has 2 rings (SSSR count). The van der Waals surface area contributed by atoms with Crippen molar-refractivity contribution in [2.45, 2.75) is 51.6 Å². The molecule has 1 amide bonds. The Morgan fingerprint density at radius 3 is 3.05 bits per heavy atom. The van der Waals surface area contributed by atoms with Gasteiger partial charge < -0.3 is 15.0 Å². The molecule has 0 fully saturated rings. The minimum atomic E-state index is -0.224. The van der Waals surface area contributed by atoms with Crippen molar-refractivity contribution in [2.24, 2.45) is 0 Å². The molecule has 1 aromatic heterocycles. The Kier molecular flexibility index (Phi) is 6.20. The van der Waals surface area contributed by atoms with Crippen molar-refractivity contribution in [1.29, 1.82) is 0 Å². The van der Waals surface area contributed by atoms with Gasteiger partial charge in [-0.2, -0.15) is 0 Å². The second-order valence-corrected chi connectivity index (χ2v) is 5.57. The Hall–Kier alpha value is -1.40. The van der Waals surface area contributed by atoms with Gasteiger partial charge >= 0.3 is 0 Å². The monoisotopic (exact) mass is 294 g/mol. The third-order valence-electron chi connectivity index (χ3n) is 3.99. The largest absolute Gasteiger partial charge is 0.395 e. The molecule has 1 atom stereocenters. The number of aliphatic hydroxyl groups is 1. The van der Waals surface area contributed by atoms with E-state index in [1.165, 1.54) is 12.8 Å². The fourth-order valence-electron chi connectivity index (χ4n) is 2.75. The number of carbonyl (C=O) groups is 1. The predicted molar refractivity (Wildman–Crippen MR) is 80.7 cm³/mol. The van der Waals surface area contributed by atoms with Gasteiger partial charge in [0.15, 0.2) is 0 Å². The molecule has 1 aliphatic rings. The second-order valence-electron chi connectivity index (χ2n) is 5.57. The molecule has 0 saturated carbocycles. The van der Waals surface area contributed by atoms with Crippen LogP contribution in [0.2, 0.25) is 0 Å². The van der Waals surface area contributed by atoms with Gasteiger partial charge in [0.2, 0.25) is 5.91 Å². The minimum absolute atomic E-state index is 0.0138. The van der Waals surface area contributed by atoms with Gasteiger partial charge in [0.05, 0.1) is 30.4 Å². The van der Waals surface area contributed by atoms with Crippen LogP contribution >= 0.6 is 0 Å². The first kappa shape index (κ1) is 16.0. The van der Waals surface area contributed by atoms with E-state index < -0.39 is 0 Å². The maximum atomic E-state index is 12.6. The molecule has 6 nitrogen and oxygen atoms in total. The predicted octanol–water partition coefficient (Wildman–Crippen LogP) is 0.825. The number of aromatic nitrogens is 2. The Morgan fingerprint density at radius 2 is 2.29 bits per heavy atom. The van der Waals surface area contributed by atoms with Crippen molar-refractivity contribution < 1.29 is 9.90 Å². The van der Waals surface area contributed by atoms with Gasteiger partial charge in [0, 0.05) is 26.1 Å². The van der Waals surface area contributed by atoms with Crippen LogP contribution in [0, 0.1) is 0 Å². The summed E-state index contributed by atoms with van der Waals surface area (Å²) in [4.78, 5) is 21.7.